The summed E-state index contributed by atoms with van der Waals surface area (Å²) >= 11 is 10.7. The molecule has 0 aliphatic carbocycles. The Kier molecular flexibility index (Phi) is 4.43. The number of benzene rings is 5. The zero-order valence-corrected chi connectivity index (χ0v) is 20.0. The fourth-order valence-electron chi connectivity index (χ4n) is 5.28. The molecule has 148 valence electrons. The van der Waals surface area contributed by atoms with E-state index in [4.69, 9.17) is 11.6 Å². The Morgan fingerprint density at radius 1 is 0.581 bits per heavy atom. The van der Waals surface area contributed by atoms with E-state index >= 15 is 0 Å². The lowest BCUT2D eigenvalue weighted by Gasteiger charge is -2.31. The molecule has 0 radical (unpaired) electrons. The Labute approximate surface area is 196 Å². The molecule has 3 heteroatoms. The molecule has 1 aliphatic heterocycles. The minimum absolute atomic E-state index is 0.824. The SMILES string of the molecule is Clc1cc2c(c3ccccc13)-c1cc(Br)ccc1[Si]2(c1ccccc1)c1ccccc1. The fraction of sp³-hybridized carbons (Fsp3) is 0. The van der Waals surface area contributed by atoms with E-state index in [1.807, 2.05) is 0 Å². The molecule has 0 amide bonds. The summed E-state index contributed by atoms with van der Waals surface area (Å²) in [6.45, 7) is 0. The molecule has 0 atom stereocenters. The van der Waals surface area contributed by atoms with E-state index < -0.39 is 8.07 Å². The quantitative estimate of drug-likeness (QED) is 0.273. The molecule has 0 saturated carbocycles. The van der Waals surface area contributed by atoms with Crippen LogP contribution in [0.2, 0.25) is 5.02 Å². The van der Waals surface area contributed by atoms with Crippen LogP contribution in [0.4, 0.5) is 0 Å². The lowest BCUT2D eigenvalue weighted by atomic mass is 9.98. The maximum Gasteiger partial charge on any atom is 0.180 e. The second-order valence-corrected chi connectivity index (χ2v) is 13.1. The number of hydrogen-bond donors (Lipinski definition) is 0. The number of halogens is 2. The predicted octanol–water partition coefficient (Wildman–Crippen LogP) is 5.61. The zero-order valence-electron chi connectivity index (χ0n) is 16.6. The summed E-state index contributed by atoms with van der Waals surface area (Å²) in [5, 5.41) is 8.73. The maximum atomic E-state index is 6.93. The van der Waals surface area contributed by atoms with Crippen LogP contribution in [0, 0.1) is 0 Å². The summed E-state index contributed by atoms with van der Waals surface area (Å²) in [5.41, 5.74) is 2.65. The van der Waals surface area contributed by atoms with Crippen molar-refractivity contribution < 1.29 is 0 Å². The Bertz CT molecular complexity index is 1410. The van der Waals surface area contributed by atoms with E-state index in [1.54, 1.807) is 0 Å². The van der Waals surface area contributed by atoms with Gasteiger partial charge in [-0.15, -0.1) is 0 Å². The van der Waals surface area contributed by atoms with E-state index in [9.17, 15) is 0 Å². The van der Waals surface area contributed by atoms with Crippen LogP contribution < -0.4 is 20.7 Å². The van der Waals surface area contributed by atoms with Crippen molar-refractivity contribution in [2.45, 2.75) is 0 Å². The highest BCUT2D eigenvalue weighted by molar-refractivity contribution is 9.10. The fourth-order valence-corrected chi connectivity index (χ4v) is 11.2. The Hall–Kier alpha value is -2.65. The summed E-state index contributed by atoms with van der Waals surface area (Å²) in [6.07, 6.45) is 0. The second kappa shape index (κ2) is 7.20. The first-order chi connectivity index (χ1) is 15.2. The molecule has 0 fully saturated rings. The van der Waals surface area contributed by atoms with Gasteiger partial charge in [-0.1, -0.05) is 119 Å². The van der Waals surface area contributed by atoms with Gasteiger partial charge < -0.3 is 0 Å². The largest absolute Gasteiger partial charge is 0.180 e. The highest BCUT2D eigenvalue weighted by atomic mass is 79.9. The lowest BCUT2D eigenvalue weighted by molar-refractivity contribution is 1.67. The van der Waals surface area contributed by atoms with Gasteiger partial charge in [-0.2, -0.15) is 0 Å². The third-order valence-corrected chi connectivity index (χ3v) is 12.1. The molecule has 0 bridgehead atoms. The van der Waals surface area contributed by atoms with Crippen LogP contribution in [-0.4, -0.2) is 8.07 Å². The summed E-state index contributed by atoms with van der Waals surface area (Å²) in [5.74, 6) is 0. The molecule has 0 saturated heterocycles. The standard InChI is InChI=1S/C28H18BrClSi/c29-19-15-16-26-24(17-19)28-23-14-8-7-13-22(23)25(30)18-27(28)31(26,20-9-3-1-4-10-20)21-11-5-2-6-12-21/h1-18H. The molecule has 1 heterocycles. The Morgan fingerprint density at radius 2 is 1.16 bits per heavy atom. The molecule has 5 aromatic carbocycles. The molecule has 5 aromatic rings. The highest BCUT2D eigenvalue weighted by Crippen LogP contribution is 2.38. The smallest absolute Gasteiger partial charge is 0.0837 e. The summed E-state index contributed by atoms with van der Waals surface area (Å²) in [7, 11) is -2.50. The van der Waals surface area contributed by atoms with Gasteiger partial charge in [0.15, 0.2) is 8.07 Å². The third kappa shape index (κ3) is 2.66. The van der Waals surface area contributed by atoms with E-state index in [-0.39, 0.29) is 0 Å². The zero-order chi connectivity index (χ0) is 21.0. The molecule has 6 rings (SSSR count). The molecule has 0 spiro atoms. The maximum absolute atomic E-state index is 6.93. The van der Waals surface area contributed by atoms with Gasteiger partial charge in [-0.3, -0.25) is 0 Å². The van der Waals surface area contributed by atoms with Gasteiger partial charge in [-0.05, 0) is 55.5 Å². The molecule has 0 N–H and O–H groups in total. The predicted molar refractivity (Wildman–Crippen MR) is 139 cm³/mol. The van der Waals surface area contributed by atoms with Crippen molar-refractivity contribution in [1.82, 2.24) is 0 Å². The van der Waals surface area contributed by atoms with Gasteiger partial charge in [0.05, 0.1) is 0 Å². The molecule has 1 aliphatic rings. The van der Waals surface area contributed by atoms with Crippen molar-refractivity contribution >= 4 is 67.1 Å². The van der Waals surface area contributed by atoms with E-state index in [0.717, 1.165) is 14.9 Å². The third-order valence-electron chi connectivity index (χ3n) is 6.47. The van der Waals surface area contributed by atoms with Gasteiger partial charge in [0.2, 0.25) is 0 Å². The normalized spacial score (nSPS) is 13.7. The van der Waals surface area contributed by atoms with Crippen LogP contribution >= 0.6 is 27.5 Å². The van der Waals surface area contributed by atoms with E-state index in [2.05, 4.69) is 125 Å². The molecular weight excluding hydrogens is 480 g/mol. The van der Waals surface area contributed by atoms with Gasteiger partial charge in [-0.25, -0.2) is 0 Å². The molecule has 0 nitrogen and oxygen atoms in total. The topological polar surface area (TPSA) is 0 Å². The monoisotopic (exact) mass is 496 g/mol. The van der Waals surface area contributed by atoms with Crippen LogP contribution in [0.15, 0.2) is 114 Å². The summed E-state index contributed by atoms with van der Waals surface area (Å²) in [6, 6.07) is 39.6. The average Bonchev–Trinajstić information content (AvgIpc) is 3.10. The van der Waals surface area contributed by atoms with Gasteiger partial charge in [0.1, 0.15) is 0 Å². The van der Waals surface area contributed by atoms with Gasteiger partial charge in [0.25, 0.3) is 0 Å². The highest BCUT2D eigenvalue weighted by Gasteiger charge is 2.49. The van der Waals surface area contributed by atoms with Gasteiger partial charge >= 0.3 is 0 Å². The average molecular weight is 498 g/mol. The van der Waals surface area contributed by atoms with Crippen LogP contribution in [0.1, 0.15) is 0 Å². The number of fused-ring (bicyclic) bond motifs is 5. The Balaban J connectivity index is 1.88. The van der Waals surface area contributed by atoms with Crippen molar-refractivity contribution in [3.63, 3.8) is 0 Å². The van der Waals surface area contributed by atoms with Crippen molar-refractivity contribution in [2.75, 3.05) is 0 Å². The number of hydrogen-bond acceptors (Lipinski definition) is 0. The number of rotatable bonds is 2. The van der Waals surface area contributed by atoms with E-state index in [0.29, 0.717) is 0 Å². The van der Waals surface area contributed by atoms with Crippen LogP contribution in [0.3, 0.4) is 0 Å². The molecule has 0 aromatic heterocycles. The van der Waals surface area contributed by atoms with E-state index in [1.165, 1.54) is 37.3 Å². The van der Waals surface area contributed by atoms with Crippen molar-refractivity contribution in [3.05, 3.63) is 119 Å². The van der Waals surface area contributed by atoms with Crippen LogP contribution in [-0.2, 0) is 0 Å². The first-order valence-electron chi connectivity index (χ1n) is 10.3. The first kappa shape index (κ1) is 19.1. The van der Waals surface area contributed by atoms with Crippen molar-refractivity contribution in [3.8, 4) is 11.1 Å². The second-order valence-electron chi connectivity index (χ2n) is 8.00. The Morgan fingerprint density at radius 3 is 1.81 bits per heavy atom. The van der Waals surface area contributed by atoms with Crippen LogP contribution in [0.25, 0.3) is 21.9 Å². The van der Waals surface area contributed by atoms with Gasteiger partial charge in [0, 0.05) is 14.9 Å². The summed E-state index contributed by atoms with van der Waals surface area (Å²) in [4.78, 5) is 0. The lowest BCUT2D eigenvalue weighted by Crippen LogP contribution is -2.72. The minimum Gasteiger partial charge on any atom is -0.0837 e. The summed E-state index contributed by atoms with van der Waals surface area (Å²) < 4.78 is 1.10. The molecule has 0 unspecified atom stereocenters. The van der Waals surface area contributed by atoms with Crippen LogP contribution in [0.5, 0.6) is 0 Å². The molecule has 31 heavy (non-hydrogen) atoms. The minimum atomic E-state index is -2.50. The van der Waals surface area contributed by atoms with Crippen molar-refractivity contribution in [1.29, 1.82) is 0 Å². The first-order valence-corrected chi connectivity index (χ1v) is 13.5. The van der Waals surface area contributed by atoms with Crippen molar-refractivity contribution in [2.24, 2.45) is 0 Å². The molecular formula is C28H18BrClSi.